The Morgan fingerprint density at radius 3 is 2.73 bits per heavy atom. The molecule has 2 aromatic carbocycles. The van der Waals surface area contributed by atoms with Crippen LogP contribution in [0.25, 0.3) is 16.6 Å². The van der Waals surface area contributed by atoms with E-state index in [4.69, 9.17) is 17.0 Å². The standard InChI is InChI=1S/C23H19FN4O4S/c1-32-22(31)19(10-13-11-25-18-5-3-2-4-16(13)18)26-12-17-20(29)27-23(33)28(21(17)30)15-8-6-14(24)7-9-15/h2-9,11-12,19,25,30H,10H2,1H3,(H,27,29,33). The minimum absolute atomic E-state index is 0.0791. The van der Waals surface area contributed by atoms with Crippen molar-refractivity contribution < 1.29 is 19.0 Å². The number of carbonyl (C=O) groups excluding carboxylic acids is 1. The number of aromatic amines is 2. The molecule has 0 bridgehead atoms. The molecule has 168 valence electrons. The molecule has 1 atom stereocenters. The number of methoxy groups -OCH3 is 1. The number of hydrogen-bond donors (Lipinski definition) is 3. The molecule has 33 heavy (non-hydrogen) atoms. The van der Waals surface area contributed by atoms with E-state index in [1.165, 1.54) is 35.9 Å². The molecule has 0 aliphatic rings. The van der Waals surface area contributed by atoms with Gasteiger partial charge in [0.05, 0.1) is 12.8 Å². The number of hydrogen-bond acceptors (Lipinski definition) is 6. The monoisotopic (exact) mass is 466 g/mol. The predicted octanol–water partition coefficient (Wildman–Crippen LogP) is 3.42. The van der Waals surface area contributed by atoms with E-state index in [9.17, 15) is 19.1 Å². The Labute approximate surface area is 192 Å². The van der Waals surface area contributed by atoms with Crippen LogP contribution in [-0.4, -0.2) is 45.0 Å². The molecule has 0 amide bonds. The zero-order valence-corrected chi connectivity index (χ0v) is 18.2. The highest BCUT2D eigenvalue weighted by Gasteiger charge is 2.21. The zero-order chi connectivity index (χ0) is 23.5. The smallest absolute Gasteiger partial charge is 0.330 e. The molecule has 10 heteroatoms. The molecule has 0 aliphatic carbocycles. The summed E-state index contributed by atoms with van der Waals surface area (Å²) < 4.78 is 19.3. The van der Waals surface area contributed by atoms with Gasteiger partial charge < -0.3 is 14.8 Å². The van der Waals surface area contributed by atoms with Gasteiger partial charge in [-0.25, -0.2) is 9.18 Å². The number of halogens is 1. The van der Waals surface area contributed by atoms with Crippen molar-refractivity contribution in [3.05, 3.63) is 86.8 Å². The van der Waals surface area contributed by atoms with Gasteiger partial charge >= 0.3 is 5.97 Å². The van der Waals surface area contributed by atoms with Crippen molar-refractivity contribution in [1.82, 2.24) is 14.5 Å². The first-order chi connectivity index (χ1) is 15.9. The summed E-state index contributed by atoms with van der Waals surface area (Å²) in [6.45, 7) is 0. The normalized spacial score (nSPS) is 12.3. The number of nitrogens with one attached hydrogen (secondary N) is 2. The molecular weight excluding hydrogens is 447 g/mol. The van der Waals surface area contributed by atoms with E-state index in [0.29, 0.717) is 5.69 Å². The van der Waals surface area contributed by atoms with Crippen molar-refractivity contribution in [3.8, 4) is 11.6 Å². The fourth-order valence-electron chi connectivity index (χ4n) is 3.49. The van der Waals surface area contributed by atoms with Crippen LogP contribution in [0.4, 0.5) is 4.39 Å². The lowest BCUT2D eigenvalue weighted by atomic mass is 10.1. The molecule has 0 spiro atoms. The highest BCUT2D eigenvalue weighted by molar-refractivity contribution is 7.71. The second-order valence-electron chi connectivity index (χ2n) is 7.19. The molecule has 3 N–H and O–H groups in total. The van der Waals surface area contributed by atoms with Gasteiger partial charge in [0.25, 0.3) is 5.56 Å². The molecule has 0 saturated heterocycles. The number of H-pyrrole nitrogens is 2. The molecular formula is C23H19FN4O4S. The molecule has 4 aromatic rings. The predicted molar refractivity (Wildman–Crippen MR) is 124 cm³/mol. The summed E-state index contributed by atoms with van der Waals surface area (Å²) in [5, 5.41) is 11.7. The van der Waals surface area contributed by atoms with Crippen molar-refractivity contribution in [2.24, 2.45) is 4.99 Å². The van der Waals surface area contributed by atoms with Gasteiger partial charge in [-0.3, -0.25) is 19.3 Å². The lowest BCUT2D eigenvalue weighted by Crippen LogP contribution is -2.24. The summed E-state index contributed by atoms with van der Waals surface area (Å²) >= 11 is 5.15. The number of aromatic nitrogens is 3. The molecule has 2 heterocycles. The van der Waals surface area contributed by atoms with Crippen LogP contribution in [0.1, 0.15) is 11.1 Å². The molecule has 8 nitrogen and oxygen atoms in total. The first-order valence-electron chi connectivity index (χ1n) is 9.89. The van der Waals surface area contributed by atoms with Gasteiger partial charge in [-0.2, -0.15) is 0 Å². The minimum Gasteiger partial charge on any atom is -0.494 e. The number of nitrogens with zero attached hydrogens (tertiary/aromatic N) is 2. The number of para-hydroxylation sites is 1. The SMILES string of the molecule is COC(=O)C(Cc1c[nH]c2ccccc12)N=Cc1c(O)n(-c2ccc(F)cc2)c(=S)[nH]c1=O. The van der Waals surface area contributed by atoms with Crippen molar-refractivity contribution in [3.63, 3.8) is 0 Å². The Morgan fingerprint density at radius 2 is 2.00 bits per heavy atom. The lowest BCUT2D eigenvalue weighted by Gasteiger charge is -2.12. The number of aromatic hydroxyl groups is 1. The van der Waals surface area contributed by atoms with Crippen LogP contribution >= 0.6 is 12.2 Å². The molecule has 4 rings (SSSR count). The number of aliphatic imine (C=N–C) groups is 1. The number of benzene rings is 2. The quantitative estimate of drug-likeness (QED) is 0.229. The molecule has 0 saturated carbocycles. The van der Waals surface area contributed by atoms with Gasteiger partial charge in [0.2, 0.25) is 5.88 Å². The van der Waals surface area contributed by atoms with Gasteiger partial charge in [-0.1, -0.05) is 18.2 Å². The van der Waals surface area contributed by atoms with Crippen molar-refractivity contribution >= 4 is 35.3 Å². The Hall–Kier alpha value is -4.05. The second kappa shape index (κ2) is 9.21. The van der Waals surface area contributed by atoms with E-state index in [1.54, 1.807) is 6.20 Å². The molecule has 1 unspecified atom stereocenters. The summed E-state index contributed by atoms with van der Waals surface area (Å²) in [6.07, 6.45) is 3.11. The van der Waals surface area contributed by atoms with E-state index < -0.39 is 29.3 Å². The molecule has 0 aliphatic heterocycles. The van der Waals surface area contributed by atoms with E-state index >= 15 is 0 Å². The number of carbonyl (C=O) groups is 1. The molecule has 0 radical (unpaired) electrons. The Kier molecular flexibility index (Phi) is 6.18. The molecule has 0 fully saturated rings. The number of rotatable bonds is 6. The van der Waals surface area contributed by atoms with Gasteiger partial charge in [-0.05, 0) is 48.1 Å². The van der Waals surface area contributed by atoms with E-state index in [-0.39, 0.29) is 16.8 Å². The summed E-state index contributed by atoms with van der Waals surface area (Å²) in [4.78, 5) is 34.7. The lowest BCUT2D eigenvalue weighted by molar-refractivity contribution is -0.142. The van der Waals surface area contributed by atoms with Crippen LogP contribution in [-0.2, 0) is 16.0 Å². The summed E-state index contributed by atoms with van der Waals surface area (Å²) in [7, 11) is 1.25. The van der Waals surface area contributed by atoms with Crippen LogP contribution in [0.5, 0.6) is 5.88 Å². The van der Waals surface area contributed by atoms with Crippen LogP contribution in [0.3, 0.4) is 0 Å². The summed E-state index contributed by atoms with van der Waals surface area (Å²) in [6, 6.07) is 11.9. The highest BCUT2D eigenvalue weighted by Crippen LogP contribution is 2.22. The van der Waals surface area contributed by atoms with Gasteiger partial charge in [0.15, 0.2) is 10.8 Å². The third-order valence-electron chi connectivity index (χ3n) is 5.15. The van der Waals surface area contributed by atoms with Crippen molar-refractivity contribution in [2.45, 2.75) is 12.5 Å². The van der Waals surface area contributed by atoms with Gasteiger partial charge in [0, 0.05) is 29.7 Å². The van der Waals surface area contributed by atoms with E-state index in [0.717, 1.165) is 22.7 Å². The van der Waals surface area contributed by atoms with E-state index in [2.05, 4.69) is 15.0 Å². The largest absolute Gasteiger partial charge is 0.494 e. The Morgan fingerprint density at radius 1 is 1.27 bits per heavy atom. The number of fused-ring (bicyclic) bond motifs is 1. The minimum atomic E-state index is -0.963. The van der Waals surface area contributed by atoms with E-state index in [1.807, 2.05) is 24.3 Å². The van der Waals surface area contributed by atoms with Gasteiger partial charge in [-0.15, -0.1) is 0 Å². The number of esters is 1. The topological polar surface area (TPSA) is 112 Å². The average Bonchev–Trinajstić information content (AvgIpc) is 3.21. The fourth-order valence-corrected chi connectivity index (χ4v) is 3.78. The van der Waals surface area contributed by atoms with Crippen molar-refractivity contribution in [1.29, 1.82) is 0 Å². The maximum Gasteiger partial charge on any atom is 0.330 e. The van der Waals surface area contributed by atoms with Crippen molar-refractivity contribution in [2.75, 3.05) is 7.11 Å². The average molecular weight is 466 g/mol. The highest BCUT2D eigenvalue weighted by atomic mass is 32.1. The van der Waals surface area contributed by atoms with Crippen LogP contribution in [0.15, 0.2) is 64.5 Å². The van der Waals surface area contributed by atoms with Crippen LogP contribution in [0, 0.1) is 10.6 Å². The first kappa shape index (κ1) is 22.2. The third kappa shape index (κ3) is 4.46. The second-order valence-corrected chi connectivity index (χ2v) is 7.58. The Balaban J connectivity index is 1.72. The summed E-state index contributed by atoms with van der Waals surface area (Å²) in [5.41, 5.74) is 1.21. The molecule has 2 aromatic heterocycles. The van der Waals surface area contributed by atoms with Crippen LogP contribution < -0.4 is 5.56 Å². The first-order valence-corrected chi connectivity index (χ1v) is 10.3. The maximum absolute atomic E-state index is 13.3. The number of ether oxygens (including phenoxy) is 1. The Bertz CT molecular complexity index is 1470. The fraction of sp³-hybridized carbons (Fsp3) is 0.130. The third-order valence-corrected chi connectivity index (χ3v) is 5.44. The summed E-state index contributed by atoms with van der Waals surface area (Å²) in [5.74, 6) is -1.55. The van der Waals surface area contributed by atoms with Crippen LogP contribution in [0.2, 0.25) is 0 Å². The van der Waals surface area contributed by atoms with Gasteiger partial charge in [0.1, 0.15) is 11.4 Å². The zero-order valence-electron chi connectivity index (χ0n) is 17.4. The maximum atomic E-state index is 13.3.